The van der Waals surface area contributed by atoms with Gasteiger partial charge in [0.05, 0.1) is 18.9 Å². The van der Waals surface area contributed by atoms with Gasteiger partial charge in [-0.3, -0.25) is 10.2 Å². The van der Waals surface area contributed by atoms with E-state index in [1.807, 2.05) is 30.9 Å². The van der Waals surface area contributed by atoms with Crippen molar-refractivity contribution in [1.29, 1.82) is 0 Å². The maximum atomic E-state index is 13.3. The molecule has 1 N–H and O–H groups in total. The van der Waals surface area contributed by atoms with Gasteiger partial charge in [-0.05, 0) is 31.4 Å². The van der Waals surface area contributed by atoms with Crippen LogP contribution >= 0.6 is 0 Å². The van der Waals surface area contributed by atoms with Crippen LogP contribution in [0.25, 0.3) is 0 Å². The first-order chi connectivity index (χ1) is 16.6. The van der Waals surface area contributed by atoms with Crippen molar-refractivity contribution < 1.29 is 14.1 Å². The molecule has 1 aliphatic heterocycles. The van der Waals surface area contributed by atoms with Gasteiger partial charge in [0, 0.05) is 44.2 Å². The van der Waals surface area contributed by atoms with Gasteiger partial charge in [-0.25, -0.2) is 4.79 Å². The zero-order valence-electron chi connectivity index (χ0n) is 20.1. The van der Waals surface area contributed by atoms with Crippen molar-refractivity contribution in [2.75, 3.05) is 51.3 Å². The number of nitrogens with zero attached hydrogens (tertiary/aromatic N) is 3. The number of aromatic nitrogens is 1. The molecule has 2 aromatic carbocycles. The molecule has 3 aromatic rings. The van der Waals surface area contributed by atoms with Crippen LogP contribution in [0.15, 0.2) is 65.2 Å². The molecule has 0 unspecified atom stereocenters. The van der Waals surface area contributed by atoms with Gasteiger partial charge >= 0.3 is 6.03 Å². The molecule has 1 aromatic heterocycles. The minimum absolute atomic E-state index is 0.160. The lowest BCUT2D eigenvalue weighted by atomic mass is 9.88. The molecule has 2 heterocycles. The SMILES string of the molecule is Cc1noc(NC(=O)N(CCC(c2ccccc2)c2ccccc2)CCN2CCOCC2)c1C. The number of benzene rings is 2. The van der Waals surface area contributed by atoms with Gasteiger partial charge in [0.1, 0.15) is 0 Å². The molecule has 4 rings (SSSR count). The Kier molecular flexibility index (Phi) is 8.33. The Morgan fingerprint density at radius 1 is 1.00 bits per heavy atom. The van der Waals surface area contributed by atoms with E-state index >= 15 is 0 Å². The highest BCUT2D eigenvalue weighted by atomic mass is 16.5. The van der Waals surface area contributed by atoms with E-state index in [9.17, 15) is 4.79 Å². The van der Waals surface area contributed by atoms with Gasteiger partial charge in [-0.2, -0.15) is 0 Å². The molecular formula is C27H34N4O3. The molecule has 0 aliphatic carbocycles. The van der Waals surface area contributed by atoms with Gasteiger partial charge in [-0.1, -0.05) is 65.8 Å². The van der Waals surface area contributed by atoms with E-state index in [2.05, 4.69) is 63.9 Å². The van der Waals surface area contributed by atoms with E-state index in [-0.39, 0.29) is 11.9 Å². The number of aryl methyl sites for hydroxylation is 1. The summed E-state index contributed by atoms with van der Waals surface area (Å²) in [6, 6.07) is 20.9. The maximum absolute atomic E-state index is 13.3. The molecular weight excluding hydrogens is 428 g/mol. The molecule has 0 spiro atoms. The predicted octanol–water partition coefficient (Wildman–Crippen LogP) is 4.68. The molecule has 2 amide bonds. The molecule has 0 saturated carbocycles. The standard InChI is InChI=1S/C27H34N4O3/c1-21-22(2)29-34-26(21)28-27(32)31(16-15-30-17-19-33-20-18-30)14-13-25(23-9-5-3-6-10-23)24-11-7-4-8-12-24/h3-12,25H,13-20H2,1-2H3,(H,28,32). The fraction of sp³-hybridized carbons (Fsp3) is 0.407. The highest BCUT2D eigenvalue weighted by Gasteiger charge is 2.22. The largest absolute Gasteiger partial charge is 0.379 e. The third kappa shape index (κ3) is 6.24. The van der Waals surface area contributed by atoms with Crippen LogP contribution < -0.4 is 5.32 Å². The number of nitrogens with one attached hydrogen (secondary N) is 1. The number of carbonyl (C=O) groups excluding carboxylic acids is 1. The Balaban J connectivity index is 1.49. The summed E-state index contributed by atoms with van der Waals surface area (Å²) in [4.78, 5) is 17.6. The lowest BCUT2D eigenvalue weighted by Crippen LogP contribution is -2.44. The highest BCUT2D eigenvalue weighted by molar-refractivity contribution is 5.88. The second-order valence-electron chi connectivity index (χ2n) is 8.76. The Morgan fingerprint density at radius 2 is 1.62 bits per heavy atom. The van der Waals surface area contributed by atoms with Gasteiger partial charge < -0.3 is 14.2 Å². The van der Waals surface area contributed by atoms with E-state index in [1.165, 1.54) is 11.1 Å². The van der Waals surface area contributed by atoms with E-state index in [0.717, 1.165) is 50.5 Å². The molecule has 1 aliphatic rings. The maximum Gasteiger partial charge on any atom is 0.324 e. The van der Waals surface area contributed by atoms with Crippen LogP contribution in [0.2, 0.25) is 0 Å². The van der Waals surface area contributed by atoms with E-state index in [4.69, 9.17) is 9.26 Å². The van der Waals surface area contributed by atoms with Crippen LogP contribution in [0.5, 0.6) is 0 Å². The smallest absolute Gasteiger partial charge is 0.324 e. The zero-order chi connectivity index (χ0) is 23.8. The number of amides is 2. The molecule has 34 heavy (non-hydrogen) atoms. The Labute approximate surface area is 201 Å². The quantitative estimate of drug-likeness (QED) is 0.500. The molecule has 0 atom stereocenters. The fourth-order valence-corrected chi connectivity index (χ4v) is 4.29. The van der Waals surface area contributed by atoms with Crippen molar-refractivity contribution in [2.45, 2.75) is 26.2 Å². The number of hydrogen-bond acceptors (Lipinski definition) is 5. The van der Waals surface area contributed by atoms with Crippen molar-refractivity contribution in [3.63, 3.8) is 0 Å². The van der Waals surface area contributed by atoms with Crippen LogP contribution in [-0.2, 0) is 4.74 Å². The fourth-order valence-electron chi connectivity index (χ4n) is 4.29. The van der Waals surface area contributed by atoms with Gasteiger partial charge in [0.25, 0.3) is 0 Å². The number of carbonyl (C=O) groups is 1. The Hall–Kier alpha value is -3.16. The van der Waals surface area contributed by atoms with Crippen LogP contribution in [0, 0.1) is 13.8 Å². The van der Waals surface area contributed by atoms with Crippen LogP contribution in [0.4, 0.5) is 10.7 Å². The number of morpholine rings is 1. The number of rotatable bonds is 9. The monoisotopic (exact) mass is 462 g/mol. The number of ether oxygens (including phenoxy) is 1. The third-order valence-corrected chi connectivity index (χ3v) is 6.55. The van der Waals surface area contributed by atoms with Crippen molar-refractivity contribution in [2.24, 2.45) is 0 Å². The third-order valence-electron chi connectivity index (χ3n) is 6.55. The normalized spacial score (nSPS) is 14.3. The first kappa shape index (κ1) is 24.0. The molecule has 0 radical (unpaired) electrons. The average Bonchev–Trinajstić information content (AvgIpc) is 3.20. The molecule has 180 valence electrons. The van der Waals surface area contributed by atoms with Crippen molar-refractivity contribution in [3.8, 4) is 0 Å². The van der Waals surface area contributed by atoms with E-state index in [0.29, 0.717) is 19.0 Å². The first-order valence-corrected chi connectivity index (χ1v) is 12.0. The van der Waals surface area contributed by atoms with Gasteiger partial charge in [-0.15, -0.1) is 0 Å². The summed E-state index contributed by atoms with van der Waals surface area (Å²) < 4.78 is 10.8. The molecule has 7 nitrogen and oxygen atoms in total. The lowest BCUT2D eigenvalue weighted by molar-refractivity contribution is 0.0351. The Morgan fingerprint density at radius 3 is 2.18 bits per heavy atom. The predicted molar refractivity (Wildman–Crippen MR) is 133 cm³/mol. The summed E-state index contributed by atoms with van der Waals surface area (Å²) in [7, 11) is 0. The van der Waals surface area contributed by atoms with E-state index < -0.39 is 0 Å². The zero-order valence-corrected chi connectivity index (χ0v) is 20.1. The molecule has 7 heteroatoms. The van der Waals surface area contributed by atoms with Crippen LogP contribution in [-0.4, -0.2) is 66.9 Å². The van der Waals surface area contributed by atoms with Crippen molar-refractivity contribution in [3.05, 3.63) is 83.0 Å². The van der Waals surface area contributed by atoms with Crippen molar-refractivity contribution >= 4 is 11.9 Å². The average molecular weight is 463 g/mol. The summed E-state index contributed by atoms with van der Waals surface area (Å²) in [6.07, 6.45) is 0.818. The molecule has 0 bridgehead atoms. The van der Waals surface area contributed by atoms with Crippen molar-refractivity contribution in [1.82, 2.24) is 15.0 Å². The topological polar surface area (TPSA) is 70.8 Å². The molecule has 1 fully saturated rings. The minimum Gasteiger partial charge on any atom is -0.379 e. The van der Waals surface area contributed by atoms with Crippen LogP contribution in [0.3, 0.4) is 0 Å². The minimum atomic E-state index is -0.160. The summed E-state index contributed by atoms with van der Waals surface area (Å²) in [5, 5.41) is 6.91. The summed E-state index contributed by atoms with van der Waals surface area (Å²) >= 11 is 0. The number of urea groups is 1. The highest BCUT2D eigenvalue weighted by Crippen LogP contribution is 2.28. The van der Waals surface area contributed by atoms with E-state index in [1.54, 1.807) is 0 Å². The second-order valence-corrected chi connectivity index (χ2v) is 8.76. The number of hydrogen-bond donors (Lipinski definition) is 1. The summed E-state index contributed by atoms with van der Waals surface area (Å²) in [5.41, 5.74) is 4.14. The van der Waals surface area contributed by atoms with Gasteiger partial charge in [0.2, 0.25) is 5.88 Å². The Bertz CT molecular complexity index is 993. The summed E-state index contributed by atoms with van der Waals surface area (Å²) in [6.45, 7) is 9.12. The lowest BCUT2D eigenvalue weighted by Gasteiger charge is -2.31. The summed E-state index contributed by atoms with van der Waals surface area (Å²) in [5.74, 6) is 0.622. The van der Waals surface area contributed by atoms with Crippen LogP contribution in [0.1, 0.15) is 34.7 Å². The molecule has 1 saturated heterocycles. The first-order valence-electron chi connectivity index (χ1n) is 12.0. The number of anilines is 1. The second kappa shape index (κ2) is 11.8. The van der Waals surface area contributed by atoms with Gasteiger partial charge in [0.15, 0.2) is 0 Å².